The number of fused-ring (bicyclic) bond motifs is 2. The summed E-state index contributed by atoms with van der Waals surface area (Å²) in [7, 11) is 0. The normalized spacial score (nSPS) is 17.8. The standard InChI is InChI=1S/C20H16N2O5/c23-18(15-12-17(27-21-15)16-6-3-11-25-16)22-9-7-20(8-10-22)14-5-2-1-4-13(14)19(24)26-20/h1-6,11-12H,7-10H2. The molecule has 0 saturated carbocycles. The molecule has 27 heavy (non-hydrogen) atoms. The van der Waals surface area contributed by atoms with Gasteiger partial charge in [-0.3, -0.25) is 4.79 Å². The van der Waals surface area contributed by atoms with Crippen molar-refractivity contribution in [2.24, 2.45) is 0 Å². The summed E-state index contributed by atoms with van der Waals surface area (Å²) < 4.78 is 16.2. The van der Waals surface area contributed by atoms with Crippen molar-refractivity contribution in [1.29, 1.82) is 0 Å². The van der Waals surface area contributed by atoms with Crippen LogP contribution in [0.5, 0.6) is 0 Å². The van der Waals surface area contributed by atoms with Crippen molar-refractivity contribution < 1.29 is 23.3 Å². The first-order chi connectivity index (χ1) is 13.2. The van der Waals surface area contributed by atoms with Crippen LogP contribution in [0.3, 0.4) is 0 Å². The monoisotopic (exact) mass is 364 g/mol. The average Bonchev–Trinajstić information content (AvgIpc) is 3.43. The van der Waals surface area contributed by atoms with Gasteiger partial charge in [-0.2, -0.15) is 0 Å². The Morgan fingerprint density at radius 3 is 2.67 bits per heavy atom. The fraction of sp³-hybridized carbons (Fsp3) is 0.250. The van der Waals surface area contributed by atoms with Crippen molar-refractivity contribution in [3.63, 3.8) is 0 Å². The third kappa shape index (κ3) is 2.46. The Bertz CT molecular complexity index is 1010. The van der Waals surface area contributed by atoms with E-state index in [0.717, 1.165) is 5.56 Å². The van der Waals surface area contributed by atoms with Gasteiger partial charge in [-0.1, -0.05) is 23.4 Å². The van der Waals surface area contributed by atoms with Gasteiger partial charge >= 0.3 is 5.97 Å². The summed E-state index contributed by atoms with van der Waals surface area (Å²) in [5.41, 5.74) is 1.15. The smallest absolute Gasteiger partial charge is 0.339 e. The van der Waals surface area contributed by atoms with Crippen molar-refractivity contribution in [3.8, 4) is 11.5 Å². The molecule has 136 valence electrons. The number of carbonyl (C=O) groups is 2. The zero-order valence-corrected chi connectivity index (χ0v) is 14.4. The quantitative estimate of drug-likeness (QED) is 0.649. The third-order valence-electron chi connectivity index (χ3n) is 5.28. The van der Waals surface area contributed by atoms with Crippen molar-refractivity contribution in [3.05, 3.63) is 65.5 Å². The SMILES string of the molecule is O=C1OC2(CCN(C(=O)c3cc(-c4ccco4)on3)CC2)c2ccccc21. The Hall–Kier alpha value is -3.35. The van der Waals surface area contributed by atoms with E-state index in [9.17, 15) is 9.59 Å². The van der Waals surface area contributed by atoms with Crippen LogP contribution in [0.25, 0.3) is 11.5 Å². The number of hydrogen-bond donors (Lipinski definition) is 0. The maximum atomic E-state index is 12.8. The summed E-state index contributed by atoms with van der Waals surface area (Å²) in [4.78, 5) is 26.6. The van der Waals surface area contributed by atoms with E-state index in [0.29, 0.717) is 43.0 Å². The molecule has 0 radical (unpaired) electrons. The first-order valence-electron chi connectivity index (χ1n) is 8.79. The zero-order valence-electron chi connectivity index (χ0n) is 14.4. The summed E-state index contributed by atoms with van der Waals surface area (Å²) >= 11 is 0. The second kappa shape index (κ2) is 5.84. The number of benzene rings is 1. The topological polar surface area (TPSA) is 85.8 Å². The molecule has 5 rings (SSSR count). The molecule has 1 aromatic carbocycles. The van der Waals surface area contributed by atoms with E-state index in [1.54, 1.807) is 29.2 Å². The fourth-order valence-corrected chi connectivity index (χ4v) is 3.86. The van der Waals surface area contributed by atoms with Crippen molar-refractivity contribution in [1.82, 2.24) is 10.1 Å². The maximum absolute atomic E-state index is 12.8. The van der Waals surface area contributed by atoms with Crippen molar-refractivity contribution in [2.45, 2.75) is 18.4 Å². The molecule has 1 saturated heterocycles. The van der Waals surface area contributed by atoms with Crippen LogP contribution in [0.2, 0.25) is 0 Å². The van der Waals surface area contributed by atoms with Crippen LogP contribution in [0.4, 0.5) is 0 Å². The van der Waals surface area contributed by atoms with Crippen LogP contribution in [0, 0.1) is 0 Å². The molecule has 1 fully saturated rings. The van der Waals surface area contributed by atoms with E-state index >= 15 is 0 Å². The molecule has 2 aliphatic rings. The van der Waals surface area contributed by atoms with Gasteiger partial charge in [-0.25, -0.2) is 4.79 Å². The highest BCUT2D eigenvalue weighted by Crippen LogP contribution is 2.44. The number of piperidine rings is 1. The molecular formula is C20H16N2O5. The number of nitrogens with zero attached hydrogens (tertiary/aromatic N) is 2. The largest absolute Gasteiger partial charge is 0.461 e. The second-order valence-electron chi connectivity index (χ2n) is 6.78. The van der Waals surface area contributed by atoms with Crippen molar-refractivity contribution >= 4 is 11.9 Å². The van der Waals surface area contributed by atoms with Crippen LogP contribution >= 0.6 is 0 Å². The maximum Gasteiger partial charge on any atom is 0.339 e. The predicted molar refractivity (Wildman–Crippen MR) is 92.9 cm³/mol. The summed E-state index contributed by atoms with van der Waals surface area (Å²) in [5, 5.41) is 3.87. The molecule has 7 heteroatoms. The summed E-state index contributed by atoms with van der Waals surface area (Å²) in [6, 6.07) is 12.5. The Balaban J connectivity index is 1.33. The molecule has 4 heterocycles. The van der Waals surface area contributed by atoms with Gasteiger partial charge in [0.25, 0.3) is 5.91 Å². The lowest BCUT2D eigenvalue weighted by Crippen LogP contribution is -2.45. The number of aromatic nitrogens is 1. The molecule has 1 spiro atoms. The van der Waals surface area contributed by atoms with Gasteiger partial charge < -0.3 is 18.6 Å². The average molecular weight is 364 g/mol. The molecule has 0 atom stereocenters. The summed E-state index contributed by atoms with van der Waals surface area (Å²) in [5.74, 6) is 0.443. The molecule has 0 N–H and O–H groups in total. The Morgan fingerprint density at radius 2 is 1.89 bits per heavy atom. The van der Waals surface area contributed by atoms with Crippen LogP contribution in [-0.2, 0) is 10.3 Å². The molecule has 3 aromatic rings. The van der Waals surface area contributed by atoms with E-state index in [1.165, 1.54) is 6.26 Å². The minimum atomic E-state index is -0.631. The van der Waals surface area contributed by atoms with Gasteiger partial charge in [0.1, 0.15) is 5.60 Å². The minimum absolute atomic E-state index is 0.205. The molecule has 2 aromatic heterocycles. The molecule has 0 aliphatic carbocycles. The van der Waals surface area contributed by atoms with E-state index in [4.69, 9.17) is 13.7 Å². The van der Waals surface area contributed by atoms with E-state index in [2.05, 4.69) is 5.16 Å². The fourth-order valence-electron chi connectivity index (χ4n) is 3.86. The van der Waals surface area contributed by atoms with Gasteiger partial charge in [0.05, 0.1) is 11.8 Å². The first-order valence-corrected chi connectivity index (χ1v) is 8.79. The van der Waals surface area contributed by atoms with Crippen LogP contribution in [0.15, 0.2) is 57.7 Å². The van der Waals surface area contributed by atoms with E-state index < -0.39 is 5.60 Å². The van der Waals surface area contributed by atoms with Gasteiger partial charge in [0.15, 0.2) is 11.5 Å². The van der Waals surface area contributed by atoms with Crippen LogP contribution < -0.4 is 0 Å². The molecule has 1 amide bonds. The first kappa shape index (κ1) is 15.9. The van der Waals surface area contributed by atoms with Crippen LogP contribution in [-0.4, -0.2) is 35.0 Å². The predicted octanol–water partition coefficient (Wildman–Crippen LogP) is 3.24. The summed E-state index contributed by atoms with van der Waals surface area (Å²) in [6.45, 7) is 0.951. The summed E-state index contributed by atoms with van der Waals surface area (Å²) in [6.07, 6.45) is 2.65. The Kier molecular flexibility index (Phi) is 3.43. The number of esters is 1. The van der Waals surface area contributed by atoms with Gasteiger partial charge in [0.2, 0.25) is 5.76 Å². The second-order valence-corrected chi connectivity index (χ2v) is 6.78. The highest BCUT2D eigenvalue weighted by Gasteiger charge is 2.47. The number of furan rings is 1. The van der Waals surface area contributed by atoms with E-state index in [-0.39, 0.29) is 17.6 Å². The van der Waals surface area contributed by atoms with Gasteiger partial charge in [-0.15, -0.1) is 0 Å². The molecular weight excluding hydrogens is 348 g/mol. The van der Waals surface area contributed by atoms with E-state index in [1.807, 2.05) is 18.2 Å². The minimum Gasteiger partial charge on any atom is -0.461 e. The number of ether oxygens (including phenoxy) is 1. The highest BCUT2D eigenvalue weighted by molar-refractivity contribution is 5.95. The lowest BCUT2D eigenvalue weighted by molar-refractivity contribution is -0.0390. The lowest BCUT2D eigenvalue weighted by Gasteiger charge is -2.38. The number of amides is 1. The third-order valence-corrected chi connectivity index (χ3v) is 5.28. The Labute approximate surface area is 154 Å². The number of carbonyl (C=O) groups excluding carboxylic acids is 2. The lowest BCUT2D eigenvalue weighted by atomic mass is 9.83. The molecule has 7 nitrogen and oxygen atoms in total. The molecule has 2 aliphatic heterocycles. The molecule has 0 bridgehead atoms. The zero-order chi connectivity index (χ0) is 18.4. The molecule has 0 unspecified atom stereocenters. The van der Waals surface area contributed by atoms with Gasteiger partial charge in [-0.05, 0) is 18.2 Å². The van der Waals surface area contributed by atoms with Crippen LogP contribution in [0.1, 0.15) is 39.3 Å². The number of hydrogen-bond acceptors (Lipinski definition) is 6. The van der Waals surface area contributed by atoms with Gasteiger partial charge in [0, 0.05) is 37.6 Å². The van der Waals surface area contributed by atoms with Crippen molar-refractivity contribution in [2.75, 3.05) is 13.1 Å². The number of likely N-dealkylation sites (tertiary alicyclic amines) is 1. The Morgan fingerprint density at radius 1 is 1.07 bits per heavy atom. The highest BCUT2D eigenvalue weighted by atomic mass is 16.6. The number of rotatable bonds is 2.